The van der Waals surface area contributed by atoms with E-state index in [4.69, 9.17) is 9.84 Å². The number of nitrogens with one attached hydrogen (secondary N) is 1. The molecule has 0 bridgehead atoms. The van der Waals surface area contributed by atoms with E-state index in [1.165, 1.54) is 0 Å². The smallest absolute Gasteiger partial charge is 0.118 e. The van der Waals surface area contributed by atoms with Crippen molar-refractivity contribution in [3.8, 4) is 5.75 Å². The second kappa shape index (κ2) is 6.58. The number of methoxy groups -OCH3 is 1. The van der Waals surface area contributed by atoms with Gasteiger partial charge in [-0.05, 0) is 24.3 Å². The van der Waals surface area contributed by atoms with E-state index < -0.39 is 18.2 Å². The quantitative estimate of drug-likeness (QED) is 0.563. The van der Waals surface area contributed by atoms with Crippen LogP contribution >= 0.6 is 11.8 Å². The Kier molecular flexibility index (Phi) is 5.06. The lowest BCUT2D eigenvalue weighted by Gasteiger charge is -2.15. The monoisotopic (exact) mass is 285 g/mol. The zero-order valence-electron chi connectivity index (χ0n) is 10.7. The lowest BCUT2D eigenvalue weighted by atomic mass is 10.1. The number of ether oxygens (including phenoxy) is 1. The Labute approximate surface area is 116 Å². The van der Waals surface area contributed by atoms with Gasteiger partial charge in [0, 0.05) is 16.7 Å². The molecule has 1 aliphatic rings. The molecule has 5 nitrogen and oxygen atoms in total. The number of aliphatic hydroxyl groups excluding tert-OH is 3. The fraction of sp³-hybridized carbons (Fsp3) is 0.538. The molecule has 1 fully saturated rings. The lowest BCUT2D eigenvalue weighted by Crippen LogP contribution is -2.37. The fourth-order valence-corrected chi connectivity index (χ4v) is 3.11. The number of aliphatic hydroxyl groups is 3. The molecule has 1 heterocycles. The van der Waals surface area contributed by atoms with Crippen LogP contribution < -0.4 is 10.1 Å². The lowest BCUT2D eigenvalue weighted by molar-refractivity contribution is 0.0219. The van der Waals surface area contributed by atoms with E-state index in [-0.39, 0.29) is 12.6 Å². The summed E-state index contributed by atoms with van der Waals surface area (Å²) in [6, 6.07) is 6.99. The molecule has 0 aromatic heterocycles. The van der Waals surface area contributed by atoms with Crippen LogP contribution in [0.15, 0.2) is 29.2 Å². The topological polar surface area (TPSA) is 82.0 Å². The van der Waals surface area contributed by atoms with Crippen LogP contribution in [0.4, 0.5) is 0 Å². The van der Waals surface area contributed by atoms with E-state index in [9.17, 15) is 10.2 Å². The van der Waals surface area contributed by atoms with Gasteiger partial charge in [-0.2, -0.15) is 0 Å². The number of hydrogen-bond acceptors (Lipinski definition) is 6. The van der Waals surface area contributed by atoms with Gasteiger partial charge in [0.15, 0.2) is 0 Å². The zero-order chi connectivity index (χ0) is 13.8. The van der Waals surface area contributed by atoms with Crippen molar-refractivity contribution in [1.82, 2.24) is 5.32 Å². The predicted molar refractivity (Wildman–Crippen MR) is 73.5 cm³/mol. The third-order valence-electron chi connectivity index (χ3n) is 3.29. The molecule has 0 saturated carbocycles. The maximum atomic E-state index is 9.86. The highest BCUT2D eigenvalue weighted by Gasteiger charge is 2.40. The highest BCUT2D eigenvalue weighted by molar-refractivity contribution is 7.99. The standard InChI is InChI=1S/C13H19NO4S/c1-18-8-2-4-9(5-3-8)19-7-11-13(17)12(16)10(6-15)14-11/h2-5,10-17H,6-7H2,1H3. The first-order chi connectivity index (χ1) is 9.15. The third kappa shape index (κ3) is 3.40. The van der Waals surface area contributed by atoms with Crippen LogP contribution in [0.5, 0.6) is 5.75 Å². The van der Waals surface area contributed by atoms with Crippen LogP contribution in [0.1, 0.15) is 0 Å². The molecule has 0 spiro atoms. The van der Waals surface area contributed by atoms with Gasteiger partial charge in [0.1, 0.15) is 5.75 Å². The van der Waals surface area contributed by atoms with Gasteiger partial charge in [-0.3, -0.25) is 0 Å². The van der Waals surface area contributed by atoms with Crippen molar-refractivity contribution in [1.29, 1.82) is 0 Å². The summed E-state index contributed by atoms with van der Waals surface area (Å²) < 4.78 is 5.08. The summed E-state index contributed by atoms with van der Waals surface area (Å²) >= 11 is 1.58. The first kappa shape index (κ1) is 14.6. The van der Waals surface area contributed by atoms with Gasteiger partial charge >= 0.3 is 0 Å². The van der Waals surface area contributed by atoms with E-state index in [2.05, 4.69) is 5.32 Å². The van der Waals surface area contributed by atoms with E-state index >= 15 is 0 Å². The number of benzene rings is 1. The Hall–Kier alpha value is -0.790. The fourth-order valence-electron chi connectivity index (χ4n) is 2.11. The molecule has 6 heteroatoms. The van der Waals surface area contributed by atoms with Gasteiger partial charge in [-0.15, -0.1) is 11.8 Å². The Bertz CT molecular complexity index is 400. The summed E-state index contributed by atoms with van der Waals surface area (Å²) in [4.78, 5) is 1.07. The molecule has 2 rings (SSSR count). The molecule has 0 radical (unpaired) electrons. The molecule has 1 aromatic rings. The van der Waals surface area contributed by atoms with E-state index in [0.29, 0.717) is 5.75 Å². The minimum Gasteiger partial charge on any atom is -0.497 e. The van der Waals surface area contributed by atoms with Gasteiger partial charge < -0.3 is 25.4 Å². The zero-order valence-corrected chi connectivity index (χ0v) is 11.5. The van der Waals surface area contributed by atoms with Crippen molar-refractivity contribution in [3.05, 3.63) is 24.3 Å². The van der Waals surface area contributed by atoms with Crippen LogP contribution in [0, 0.1) is 0 Å². The predicted octanol–water partition coefficient (Wildman–Crippen LogP) is -0.158. The van der Waals surface area contributed by atoms with Gasteiger partial charge in [0.05, 0.1) is 32.0 Å². The first-order valence-electron chi connectivity index (χ1n) is 6.15. The molecule has 4 atom stereocenters. The molecule has 1 aliphatic heterocycles. The summed E-state index contributed by atoms with van der Waals surface area (Å²) in [5.74, 6) is 1.43. The van der Waals surface area contributed by atoms with Gasteiger partial charge in [0.25, 0.3) is 0 Å². The molecule has 0 aliphatic carbocycles. The Morgan fingerprint density at radius 3 is 2.32 bits per heavy atom. The second-order valence-electron chi connectivity index (χ2n) is 4.53. The number of thioether (sulfide) groups is 1. The summed E-state index contributed by atoms with van der Waals surface area (Å²) in [6.45, 7) is -0.179. The third-order valence-corrected chi connectivity index (χ3v) is 4.42. The summed E-state index contributed by atoms with van der Waals surface area (Å²) in [7, 11) is 1.62. The Morgan fingerprint density at radius 1 is 1.16 bits per heavy atom. The van der Waals surface area contributed by atoms with Crippen LogP contribution in [-0.2, 0) is 0 Å². The molecule has 19 heavy (non-hydrogen) atoms. The molecular formula is C13H19NO4S. The van der Waals surface area contributed by atoms with Crippen LogP contribution in [0.2, 0.25) is 0 Å². The molecule has 0 amide bonds. The highest BCUT2D eigenvalue weighted by Crippen LogP contribution is 2.25. The molecule has 1 aromatic carbocycles. The highest BCUT2D eigenvalue weighted by atomic mass is 32.2. The molecule has 106 valence electrons. The average molecular weight is 285 g/mol. The first-order valence-corrected chi connectivity index (χ1v) is 7.14. The SMILES string of the molecule is COc1ccc(SCC2NC(CO)C(O)C2O)cc1. The van der Waals surface area contributed by atoms with Crippen LogP contribution in [-0.4, -0.2) is 59.1 Å². The Balaban J connectivity index is 1.88. The summed E-state index contributed by atoms with van der Waals surface area (Å²) in [5.41, 5.74) is 0. The van der Waals surface area contributed by atoms with Crippen molar-refractivity contribution >= 4 is 11.8 Å². The number of hydrogen-bond donors (Lipinski definition) is 4. The molecule has 4 unspecified atom stereocenters. The van der Waals surface area contributed by atoms with Gasteiger partial charge in [0.2, 0.25) is 0 Å². The van der Waals surface area contributed by atoms with E-state index in [1.54, 1.807) is 18.9 Å². The largest absolute Gasteiger partial charge is 0.497 e. The van der Waals surface area contributed by atoms with Crippen molar-refractivity contribution < 1.29 is 20.1 Å². The van der Waals surface area contributed by atoms with Crippen LogP contribution in [0.3, 0.4) is 0 Å². The minimum atomic E-state index is -0.911. The van der Waals surface area contributed by atoms with Gasteiger partial charge in [-0.1, -0.05) is 0 Å². The maximum absolute atomic E-state index is 9.86. The Morgan fingerprint density at radius 2 is 1.79 bits per heavy atom. The van der Waals surface area contributed by atoms with Crippen molar-refractivity contribution in [3.63, 3.8) is 0 Å². The minimum absolute atomic E-state index is 0.179. The number of rotatable bonds is 5. The molecule has 4 N–H and O–H groups in total. The summed E-state index contributed by atoms with van der Waals surface area (Å²) in [5, 5.41) is 31.7. The van der Waals surface area contributed by atoms with E-state index in [1.807, 2.05) is 24.3 Å². The second-order valence-corrected chi connectivity index (χ2v) is 5.62. The maximum Gasteiger partial charge on any atom is 0.118 e. The van der Waals surface area contributed by atoms with Crippen LogP contribution in [0.25, 0.3) is 0 Å². The van der Waals surface area contributed by atoms with E-state index in [0.717, 1.165) is 10.6 Å². The molecular weight excluding hydrogens is 266 g/mol. The summed E-state index contributed by atoms with van der Waals surface area (Å²) in [6.07, 6.45) is -1.76. The van der Waals surface area contributed by atoms with Gasteiger partial charge in [-0.25, -0.2) is 0 Å². The molecule has 1 saturated heterocycles. The van der Waals surface area contributed by atoms with Crippen molar-refractivity contribution in [2.24, 2.45) is 0 Å². The van der Waals surface area contributed by atoms with Crippen molar-refractivity contribution in [2.75, 3.05) is 19.5 Å². The van der Waals surface area contributed by atoms with Crippen molar-refractivity contribution in [2.45, 2.75) is 29.2 Å². The normalized spacial score (nSPS) is 30.5. The average Bonchev–Trinajstić information content (AvgIpc) is 2.73.